The Morgan fingerprint density at radius 2 is 1.67 bits per heavy atom. The predicted molar refractivity (Wildman–Crippen MR) is 80.2 cm³/mol. The van der Waals surface area contributed by atoms with Crippen LogP contribution in [0.2, 0.25) is 5.02 Å². The standard InChI is InChI=1S/C15H25ClN2/c1-11(2)15(18(4)5)10-17-12(3)13-6-8-14(16)9-7-13/h6-9,11-12,15,17H,10H2,1-5H3. The topological polar surface area (TPSA) is 15.3 Å². The van der Waals surface area contributed by atoms with Crippen molar-refractivity contribution in [2.24, 2.45) is 5.92 Å². The van der Waals surface area contributed by atoms with Crippen LogP contribution in [0.15, 0.2) is 24.3 Å². The van der Waals surface area contributed by atoms with E-state index in [0.717, 1.165) is 11.6 Å². The molecule has 0 fully saturated rings. The normalized spacial score (nSPS) is 15.1. The first-order valence-corrected chi connectivity index (χ1v) is 6.95. The van der Waals surface area contributed by atoms with Crippen LogP contribution in [0.1, 0.15) is 32.4 Å². The minimum Gasteiger partial charge on any atom is -0.309 e. The molecule has 2 unspecified atom stereocenters. The van der Waals surface area contributed by atoms with Gasteiger partial charge in [-0.3, -0.25) is 0 Å². The maximum atomic E-state index is 5.90. The summed E-state index contributed by atoms with van der Waals surface area (Å²) < 4.78 is 0. The summed E-state index contributed by atoms with van der Waals surface area (Å²) in [5, 5.41) is 4.39. The Balaban J connectivity index is 2.54. The quantitative estimate of drug-likeness (QED) is 0.848. The van der Waals surface area contributed by atoms with Crippen LogP contribution >= 0.6 is 11.6 Å². The Morgan fingerprint density at radius 1 is 1.11 bits per heavy atom. The monoisotopic (exact) mass is 268 g/mol. The number of likely N-dealkylation sites (N-methyl/N-ethyl adjacent to an activating group) is 1. The Bertz CT molecular complexity index is 338. The number of hydrogen-bond donors (Lipinski definition) is 1. The zero-order chi connectivity index (χ0) is 13.7. The molecule has 0 aliphatic rings. The van der Waals surface area contributed by atoms with E-state index in [9.17, 15) is 0 Å². The number of benzene rings is 1. The largest absolute Gasteiger partial charge is 0.309 e. The molecule has 0 aliphatic carbocycles. The molecule has 0 saturated heterocycles. The van der Waals surface area contributed by atoms with E-state index in [0.29, 0.717) is 18.0 Å². The molecule has 0 bridgehead atoms. The summed E-state index contributed by atoms with van der Waals surface area (Å²) in [5.74, 6) is 0.643. The molecule has 1 N–H and O–H groups in total. The number of nitrogens with one attached hydrogen (secondary N) is 1. The van der Waals surface area contributed by atoms with Gasteiger partial charge >= 0.3 is 0 Å². The molecule has 0 radical (unpaired) electrons. The summed E-state index contributed by atoms with van der Waals surface area (Å²) >= 11 is 5.90. The van der Waals surface area contributed by atoms with E-state index in [2.05, 4.69) is 57.2 Å². The fourth-order valence-corrected chi connectivity index (χ4v) is 2.31. The second-order valence-electron chi connectivity index (χ2n) is 5.46. The maximum absolute atomic E-state index is 5.90. The summed E-state index contributed by atoms with van der Waals surface area (Å²) in [6, 6.07) is 8.96. The van der Waals surface area contributed by atoms with Gasteiger partial charge in [-0.15, -0.1) is 0 Å². The van der Waals surface area contributed by atoms with Crippen molar-refractivity contribution in [1.82, 2.24) is 10.2 Å². The van der Waals surface area contributed by atoms with Gasteiger partial charge in [-0.2, -0.15) is 0 Å². The third-order valence-corrected chi connectivity index (χ3v) is 3.69. The van der Waals surface area contributed by atoms with E-state index in [1.807, 2.05) is 12.1 Å². The lowest BCUT2D eigenvalue weighted by Crippen LogP contribution is -2.42. The van der Waals surface area contributed by atoms with E-state index in [4.69, 9.17) is 11.6 Å². The zero-order valence-electron chi connectivity index (χ0n) is 12.1. The summed E-state index contributed by atoms with van der Waals surface area (Å²) in [7, 11) is 4.28. The zero-order valence-corrected chi connectivity index (χ0v) is 12.8. The van der Waals surface area contributed by atoms with Gasteiger partial charge in [0.1, 0.15) is 0 Å². The highest BCUT2D eigenvalue weighted by Crippen LogP contribution is 2.16. The van der Waals surface area contributed by atoms with E-state index >= 15 is 0 Å². The lowest BCUT2D eigenvalue weighted by molar-refractivity contribution is 0.220. The van der Waals surface area contributed by atoms with Gasteiger partial charge in [0.05, 0.1) is 0 Å². The molecule has 1 aromatic rings. The van der Waals surface area contributed by atoms with E-state index in [1.165, 1.54) is 5.56 Å². The van der Waals surface area contributed by atoms with Crippen LogP contribution in [-0.2, 0) is 0 Å². The van der Waals surface area contributed by atoms with Crippen molar-refractivity contribution in [2.45, 2.75) is 32.9 Å². The first-order chi connectivity index (χ1) is 8.41. The highest BCUT2D eigenvalue weighted by molar-refractivity contribution is 6.30. The maximum Gasteiger partial charge on any atom is 0.0406 e. The van der Waals surface area contributed by atoms with Gasteiger partial charge in [0, 0.05) is 23.7 Å². The minimum atomic E-state index is 0.350. The van der Waals surface area contributed by atoms with E-state index in [1.54, 1.807) is 0 Å². The average Bonchev–Trinajstić information content (AvgIpc) is 2.28. The molecule has 1 aromatic carbocycles. The fourth-order valence-electron chi connectivity index (χ4n) is 2.18. The molecule has 1 rings (SSSR count). The third kappa shape index (κ3) is 4.60. The Labute approximate surface area is 116 Å². The van der Waals surface area contributed by atoms with Gasteiger partial charge in [0.25, 0.3) is 0 Å². The molecule has 0 aliphatic heterocycles. The van der Waals surface area contributed by atoms with Crippen LogP contribution in [0.4, 0.5) is 0 Å². The highest BCUT2D eigenvalue weighted by Gasteiger charge is 2.16. The number of hydrogen-bond acceptors (Lipinski definition) is 2. The van der Waals surface area contributed by atoms with Crippen molar-refractivity contribution < 1.29 is 0 Å². The number of nitrogens with zero attached hydrogens (tertiary/aromatic N) is 1. The van der Waals surface area contributed by atoms with Crippen LogP contribution in [0.5, 0.6) is 0 Å². The minimum absolute atomic E-state index is 0.350. The molecule has 2 nitrogen and oxygen atoms in total. The van der Waals surface area contributed by atoms with Gasteiger partial charge in [0.15, 0.2) is 0 Å². The third-order valence-electron chi connectivity index (χ3n) is 3.44. The molecule has 0 saturated carbocycles. The van der Waals surface area contributed by atoms with Crippen molar-refractivity contribution in [2.75, 3.05) is 20.6 Å². The first kappa shape index (κ1) is 15.5. The Morgan fingerprint density at radius 3 is 2.11 bits per heavy atom. The molecule has 0 amide bonds. The van der Waals surface area contributed by atoms with Gasteiger partial charge in [0.2, 0.25) is 0 Å². The second kappa shape index (κ2) is 7.13. The molecule has 0 aromatic heterocycles. The molecule has 102 valence electrons. The predicted octanol–water partition coefficient (Wildman–Crippen LogP) is 3.58. The van der Waals surface area contributed by atoms with Gasteiger partial charge in [-0.1, -0.05) is 37.6 Å². The smallest absolute Gasteiger partial charge is 0.0406 e. The van der Waals surface area contributed by atoms with Crippen LogP contribution in [0, 0.1) is 5.92 Å². The molecule has 2 atom stereocenters. The summed E-state index contributed by atoms with van der Waals surface area (Å²) in [6.45, 7) is 7.71. The van der Waals surface area contributed by atoms with Crippen molar-refractivity contribution in [3.63, 3.8) is 0 Å². The first-order valence-electron chi connectivity index (χ1n) is 6.57. The number of rotatable bonds is 6. The lowest BCUT2D eigenvalue weighted by atomic mass is 10.0. The van der Waals surface area contributed by atoms with Gasteiger partial charge in [-0.25, -0.2) is 0 Å². The van der Waals surface area contributed by atoms with E-state index < -0.39 is 0 Å². The molecule has 0 spiro atoms. The summed E-state index contributed by atoms with van der Waals surface area (Å²) in [4.78, 5) is 2.28. The fraction of sp³-hybridized carbons (Fsp3) is 0.600. The molecule has 3 heteroatoms. The van der Waals surface area contributed by atoms with Crippen LogP contribution in [0.3, 0.4) is 0 Å². The van der Waals surface area contributed by atoms with Crippen LogP contribution in [0.25, 0.3) is 0 Å². The molecule has 18 heavy (non-hydrogen) atoms. The van der Waals surface area contributed by atoms with Crippen molar-refractivity contribution in [3.05, 3.63) is 34.9 Å². The van der Waals surface area contributed by atoms with E-state index in [-0.39, 0.29) is 0 Å². The SMILES string of the molecule is CC(NCC(C(C)C)N(C)C)c1ccc(Cl)cc1. The Kier molecular flexibility index (Phi) is 6.13. The van der Waals surface area contributed by atoms with Crippen molar-refractivity contribution in [3.8, 4) is 0 Å². The van der Waals surface area contributed by atoms with Crippen LogP contribution in [-0.4, -0.2) is 31.6 Å². The molecular weight excluding hydrogens is 244 g/mol. The Hall–Kier alpha value is -0.570. The second-order valence-corrected chi connectivity index (χ2v) is 5.89. The van der Waals surface area contributed by atoms with Crippen molar-refractivity contribution >= 4 is 11.6 Å². The van der Waals surface area contributed by atoms with Crippen LogP contribution < -0.4 is 5.32 Å². The molecular formula is C15H25ClN2. The van der Waals surface area contributed by atoms with Crippen molar-refractivity contribution in [1.29, 1.82) is 0 Å². The molecule has 0 heterocycles. The van der Waals surface area contributed by atoms with Gasteiger partial charge in [-0.05, 0) is 44.6 Å². The average molecular weight is 269 g/mol. The highest BCUT2D eigenvalue weighted by atomic mass is 35.5. The van der Waals surface area contributed by atoms with Gasteiger partial charge < -0.3 is 10.2 Å². The summed E-state index contributed by atoms with van der Waals surface area (Å²) in [6.07, 6.45) is 0. The lowest BCUT2D eigenvalue weighted by Gasteiger charge is -2.29. The summed E-state index contributed by atoms with van der Waals surface area (Å²) in [5.41, 5.74) is 1.28. The number of halogens is 1.